The number of aryl methyl sites for hydroxylation is 1. The van der Waals surface area contributed by atoms with Crippen LogP contribution in [0, 0.1) is 12.8 Å². The molecule has 0 radical (unpaired) electrons. The molecule has 0 aliphatic carbocycles. The summed E-state index contributed by atoms with van der Waals surface area (Å²) in [6.07, 6.45) is 0.713. The smallest absolute Gasteiger partial charge is 0.315 e. The Morgan fingerprint density at radius 2 is 2.11 bits per heavy atom. The minimum atomic E-state index is -0.700. The molecule has 2 N–H and O–H groups in total. The summed E-state index contributed by atoms with van der Waals surface area (Å²) in [5.41, 5.74) is 3.32. The molecule has 7 nitrogen and oxygen atoms in total. The van der Waals surface area contributed by atoms with Gasteiger partial charge in [0.05, 0.1) is 6.04 Å². The largest absolute Gasteiger partial charge is 0.360 e. The summed E-state index contributed by atoms with van der Waals surface area (Å²) in [6, 6.07) is 9.54. The molecule has 0 saturated heterocycles. The quantitative estimate of drug-likeness (QED) is 0.682. The molecule has 7 heteroatoms. The highest BCUT2D eigenvalue weighted by Crippen LogP contribution is 2.38. The van der Waals surface area contributed by atoms with Gasteiger partial charge in [-0.25, -0.2) is 0 Å². The van der Waals surface area contributed by atoms with E-state index in [1.165, 1.54) is 10.9 Å². The van der Waals surface area contributed by atoms with Crippen molar-refractivity contribution in [2.45, 2.75) is 33.2 Å². The van der Waals surface area contributed by atoms with Gasteiger partial charge in [0.25, 0.3) is 0 Å². The number of carbonyl (C=O) groups is 2. The van der Waals surface area contributed by atoms with E-state index < -0.39 is 11.8 Å². The van der Waals surface area contributed by atoms with E-state index in [9.17, 15) is 9.59 Å². The third-order valence-electron chi connectivity index (χ3n) is 5.04. The summed E-state index contributed by atoms with van der Waals surface area (Å²) >= 11 is 0. The molecule has 0 bridgehead atoms. The lowest BCUT2D eigenvalue weighted by Crippen LogP contribution is -2.47. The number of amides is 2. The number of benzene rings is 1. The van der Waals surface area contributed by atoms with Crippen LogP contribution in [0.15, 0.2) is 34.9 Å². The van der Waals surface area contributed by atoms with Crippen LogP contribution in [0.1, 0.15) is 36.9 Å². The van der Waals surface area contributed by atoms with Gasteiger partial charge in [0.1, 0.15) is 5.76 Å². The summed E-state index contributed by atoms with van der Waals surface area (Å²) in [5.74, 6) is -0.288. The molecule has 0 saturated carbocycles. The number of aromatic nitrogens is 2. The van der Waals surface area contributed by atoms with E-state index in [1.54, 1.807) is 17.9 Å². The normalized spacial score (nSPS) is 16.6. The van der Waals surface area contributed by atoms with Crippen molar-refractivity contribution >= 4 is 28.5 Å². The molecule has 0 spiro atoms. The number of nitrogens with one attached hydrogen (secondary N) is 2. The number of aromatic amines is 1. The molecule has 0 unspecified atom stereocenters. The Hall–Kier alpha value is -3.09. The summed E-state index contributed by atoms with van der Waals surface area (Å²) in [4.78, 5) is 30.5. The summed E-state index contributed by atoms with van der Waals surface area (Å²) < 4.78 is 4.94. The van der Waals surface area contributed by atoms with Crippen LogP contribution >= 0.6 is 0 Å². The highest BCUT2D eigenvalue weighted by Gasteiger charge is 2.37. The van der Waals surface area contributed by atoms with Crippen molar-refractivity contribution in [1.29, 1.82) is 0 Å². The first-order valence-corrected chi connectivity index (χ1v) is 9.10. The SMILES string of the molecule is Cc1cc(NC(=O)C(=O)N2CCc3c([nH]c4ccccc34)[C@H]2C(C)C)no1. The van der Waals surface area contributed by atoms with E-state index in [1.807, 2.05) is 18.2 Å². The fraction of sp³-hybridized carbons (Fsp3) is 0.350. The molecule has 1 atom stereocenters. The van der Waals surface area contributed by atoms with Gasteiger partial charge >= 0.3 is 11.8 Å². The molecule has 1 aliphatic heterocycles. The average molecular weight is 366 g/mol. The summed E-state index contributed by atoms with van der Waals surface area (Å²) in [5, 5.41) is 7.43. The number of anilines is 1. The number of hydrogen-bond donors (Lipinski definition) is 2. The van der Waals surface area contributed by atoms with Crippen LogP contribution in [0.3, 0.4) is 0 Å². The van der Waals surface area contributed by atoms with Gasteiger partial charge in [0.15, 0.2) is 5.82 Å². The molecule has 1 aliphatic rings. The topological polar surface area (TPSA) is 91.2 Å². The van der Waals surface area contributed by atoms with E-state index in [0.29, 0.717) is 18.7 Å². The van der Waals surface area contributed by atoms with Gasteiger partial charge in [-0.1, -0.05) is 37.2 Å². The standard InChI is InChI=1S/C20H22N4O3/c1-11(2)18-17-14(13-6-4-5-7-15(13)21-17)8-9-24(18)20(26)19(25)22-16-10-12(3)27-23-16/h4-7,10-11,18,21H,8-9H2,1-3H3,(H,22,23,25)/t18-/m1/s1. The third-order valence-corrected chi connectivity index (χ3v) is 5.04. The molecular weight excluding hydrogens is 344 g/mol. The summed E-state index contributed by atoms with van der Waals surface area (Å²) in [6.45, 7) is 6.35. The second-order valence-electron chi connectivity index (χ2n) is 7.28. The second-order valence-corrected chi connectivity index (χ2v) is 7.28. The minimum absolute atomic E-state index is 0.156. The number of hydrogen-bond acceptors (Lipinski definition) is 4. The fourth-order valence-electron chi connectivity index (χ4n) is 3.92. The van der Waals surface area contributed by atoms with Crippen LogP contribution in [0.25, 0.3) is 10.9 Å². The first-order valence-electron chi connectivity index (χ1n) is 9.10. The van der Waals surface area contributed by atoms with Gasteiger partial charge in [-0.2, -0.15) is 0 Å². The fourth-order valence-corrected chi connectivity index (χ4v) is 3.92. The molecule has 27 heavy (non-hydrogen) atoms. The average Bonchev–Trinajstić information content (AvgIpc) is 3.22. The molecule has 3 aromatic rings. The molecular formula is C20H22N4O3. The van der Waals surface area contributed by atoms with Crippen molar-refractivity contribution in [1.82, 2.24) is 15.0 Å². The van der Waals surface area contributed by atoms with Crippen molar-refractivity contribution in [3.05, 3.63) is 47.3 Å². The molecule has 2 amide bonds. The molecule has 3 heterocycles. The number of H-pyrrole nitrogens is 1. The number of fused-ring (bicyclic) bond motifs is 3. The monoisotopic (exact) mass is 366 g/mol. The molecule has 0 fully saturated rings. The van der Waals surface area contributed by atoms with Gasteiger partial charge in [0, 0.05) is 29.2 Å². The molecule has 4 rings (SSSR count). The van der Waals surface area contributed by atoms with Gasteiger partial charge in [-0.3, -0.25) is 14.9 Å². The van der Waals surface area contributed by atoms with Crippen LogP contribution in [0.5, 0.6) is 0 Å². The predicted octanol–water partition coefficient (Wildman–Crippen LogP) is 3.18. The maximum Gasteiger partial charge on any atom is 0.315 e. The highest BCUT2D eigenvalue weighted by molar-refractivity contribution is 6.39. The zero-order valence-electron chi connectivity index (χ0n) is 15.6. The first kappa shape index (κ1) is 17.3. The summed E-state index contributed by atoms with van der Waals surface area (Å²) in [7, 11) is 0. The van der Waals surface area contributed by atoms with E-state index in [0.717, 1.165) is 11.2 Å². The van der Waals surface area contributed by atoms with E-state index >= 15 is 0 Å². The first-order chi connectivity index (χ1) is 13.0. The van der Waals surface area contributed by atoms with Crippen LogP contribution < -0.4 is 5.32 Å². The Kier molecular flexibility index (Phi) is 4.22. The minimum Gasteiger partial charge on any atom is -0.360 e. The Balaban J connectivity index is 1.64. The molecule has 1 aromatic carbocycles. The van der Waals surface area contributed by atoms with Crippen LogP contribution in [-0.2, 0) is 16.0 Å². The zero-order valence-corrected chi connectivity index (χ0v) is 15.6. The molecule has 2 aromatic heterocycles. The van der Waals surface area contributed by atoms with Crippen molar-refractivity contribution in [3.63, 3.8) is 0 Å². The maximum atomic E-state index is 12.9. The lowest BCUT2D eigenvalue weighted by molar-refractivity contribution is -0.146. The number of rotatable bonds is 2. The van der Waals surface area contributed by atoms with E-state index in [4.69, 9.17) is 4.52 Å². The maximum absolute atomic E-state index is 12.9. The van der Waals surface area contributed by atoms with Crippen molar-refractivity contribution < 1.29 is 14.1 Å². The molecule has 140 valence electrons. The van der Waals surface area contributed by atoms with Gasteiger partial charge in [-0.15, -0.1) is 0 Å². The van der Waals surface area contributed by atoms with Crippen molar-refractivity contribution in [2.75, 3.05) is 11.9 Å². The lowest BCUT2D eigenvalue weighted by Gasteiger charge is -2.37. The lowest BCUT2D eigenvalue weighted by atomic mass is 9.90. The van der Waals surface area contributed by atoms with Crippen molar-refractivity contribution in [2.24, 2.45) is 5.92 Å². The zero-order chi connectivity index (χ0) is 19.1. The van der Waals surface area contributed by atoms with E-state index in [2.05, 4.69) is 35.4 Å². The number of para-hydroxylation sites is 1. The van der Waals surface area contributed by atoms with Gasteiger partial charge < -0.3 is 14.4 Å². The Labute approximate surface area is 156 Å². The number of carbonyl (C=O) groups excluding carboxylic acids is 2. The Morgan fingerprint density at radius 1 is 1.33 bits per heavy atom. The predicted molar refractivity (Wildman–Crippen MR) is 101 cm³/mol. The van der Waals surface area contributed by atoms with Crippen LogP contribution in [0.2, 0.25) is 0 Å². The van der Waals surface area contributed by atoms with Crippen molar-refractivity contribution in [3.8, 4) is 0 Å². The number of nitrogens with zero attached hydrogens (tertiary/aromatic N) is 2. The third kappa shape index (κ3) is 2.99. The Bertz CT molecular complexity index is 1020. The Morgan fingerprint density at radius 3 is 2.81 bits per heavy atom. The van der Waals surface area contributed by atoms with E-state index in [-0.39, 0.29) is 17.8 Å². The van der Waals surface area contributed by atoms with Gasteiger partial charge in [-0.05, 0) is 30.9 Å². The highest BCUT2D eigenvalue weighted by atomic mass is 16.5. The van der Waals surface area contributed by atoms with Crippen LogP contribution in [0.4, 0.5) is 5.82 Å². The van der Waals surface area contributed by atoms with Gasteiger partial charge in [0.2, 0.25) is 0 Å². The second kappa shape index (κ2) is 6.57. The van der Waals surface area contributed by atoms with Crippen LogP contribution in [-0.4, -0.2) is 33.4 Å².